The molecule has 1 aromatic heterocycles. The molecule has 3 amide bonds. The number of amides is 3. The number of urea groups is 1. The van der Waals surface area contributed by atoms with Crippen molar-refractivity contribution in [1.29, 1.82) is 0 Å². The van der Waals surface area contributed by atoms with Gasteiger partial charge in [0.2, 0.25) is 5.91 Å². The van der Waals surface area contributed by atoms with E-state index in [9.17, 15) is 9.59 Å². The summed E-state index contributed by atoms with van der Waals surface area (Å²) in [7, 11) is 0. The second-order valence-corrected chi connectivity index (χ2v) is 8.66. The summed E-state index contributed by atoms with van der Waals surface area (Å²) >= 11 is 0. The van der Waals surface area contributed by atoms with Crippen LogP contribution in [0.1, 0.15) is 59.6 Å². The zero-order valence-electron chi connectivity index (χ0n) is 18.5. The van der Waals surface area contributed by atoms with Crippen molar-refractivity contribution in [2.45, 2.75) is 59.3 Å². The van der Waals surface area contributed by atoms with Gasteiger partial charge in [-0.3, -0.25) is 10.1 Å². The monoisotopic (exact) mass is 408 g/mol. The van der Waals surface area contributed by atoms with E-state index < -0.39 is 0 Å². The predicted octanol–water partition coefficient (Wildman–Crippen LogP) is 3.49. The van der Waals surface area contributed by atoms with Gasteiger partial charge in [0.05, 0.1) is 0 Å². The first-order chi connectivity index (χ1) is 13.7. The van der Waals surface area contributed by atoms with Crippen LogP contribution in [-0.4, -0.2) is 66.3 Å². The van der Waals surface area contributed by atoms with Crippen molar-refractivity contribution in [3.05, 3.63) is 11.8 Å². The normalized spacial score (nSPS) is 16.9. The van der Waals surface area contributed by atoms with Gasteiger partial charge >= 0.3 is 6.03 Å². The molecule has 1 atom stereocenters. The van der Waals surface area contributed by atoms with Crippen LogP contribution in [0.2, 0.25) is 0 Å². The van der Waals surface area contributed by atoms with Crippen molar-refractivity contribution in [2.75, 3.05) is 44.7 Å². The van der Waals surface area contributed by atoms with Gasteiger partial charge in [0.25, 0.3) is 0 Å². The summed E-state index contributed by atoms with van der Waals surface area (Å²) in [6, 6.07) is 1.59. The smallest absolute Gasteiger partial charge is 0.323 e. The van der Waals surface area contributed by atoms with Crippen LogP contribution in [-0.2, 0) is 14.9 Å². The molecule has 0 radical (unpaired) electrons. The van der Waals surface area contributed by atoms with Crippen molar-refractivity contribution < 1.29 is 18.8 Å². The Hall–Kier alpha value is -2.09. The second kappa shape index (κ2) is 10.6. The van der Waals surface area contributed by atoms with Gasteiger partial charge in [-0.15, -0.1) is 0 Å². The molecule has 8 heteroatoms. The summed E-state index contributed by atoms with van der Waals surface area (Å²) < 4.78 is 10.7. The average molecular weight is 409 g/mol. The number of aromatic nitrogens is 1. The molecule has 0 aromatic carbocycles. The lowest BCUT2D eigenvalue weighted by molar-refractivity contribution is -0.136. The summed E-state index contributed by atoms with van der Waals surface area (Å²) in [4.78, 5) is 29.0. The highest BCUT2D eigenvalue weighted by Gasteiger charge is 2.25. The fourth-order valence-corrected chi connectivity index (χ4v) is 3.27. The molecule has 29 heavy (non-hydrogen) atoms. The SMILES string of the molecule is CCOCCC(C)C(=O)N1CCCN(C(=O)Nc2cc(C(C)(C)C)on2)CCC1. The highest BCUT2D eigenvalue weighted by molar-refractivity contribution is 5.88. The van der Waals surface area contributed by atoms with E-state index in [1.807, 2.05) is 39.5 Å². The first kappa shape index (κ1) is 23.2. The molecule has 1 aliphatic heterocycles. The molecule has 0 spiro atoms. The number of carbonyl (C=O) groups is 2. The van der Waals surface area contributed by atoms with E-state index in [0.29, 0.717) is 45.2 Å². The van der Waals surface area contributed by atoms with E-state index in [1.54, 1.807) is 11.0 Å². The molecule has 1 aliphatic rings. The molecule has 8 nitrogen and oxygen atoms in total. The van der Waals surface area contributed by atoms with Crippen molar-refractivity contribution >= 4 is 17.8 Å². The zero-order chi connectivity index (χ0) is 21.4. The average Bonchev–Trinajstić information content (AvgIpc) is 3.10. The highest BCUT2D eigenvalue weighted by atomic mass is 16.5. The van der Waals surface area contributed by atoms with Crippen molar-refractivity contribution in [3.63, 3.8) is 0 Å². The number of ether oxygens (including phenoxy) is 1. The summed E-state index contributed by atoms with van der Waals surface area (Å²) in [5.41, 5.74) is -0.160. The zero-order valence-corrected chi connectivity index (χ0v) is 18.5. The number of hydrogen-bond donors (Lipinski definition) is 1. The van der Waals surface area contributed by atoms with Crippen molar-refractivity contribution in [1.82, 2.24) is 15.0 Å². The molecular formula is C21H36N4O4. The minimum Gasteiger partial charge on any atom is -0.382 e. The molecule has 2 rings (SSSR count). The lowest BCUT2D eigenvalue weighted by Gasteiger charge is -2.31. The molecule has 1 aromatic rings. The fourth-order valence-electron chi connectivity index (χ4n) is 3.27. The largest absolute Gasteiger partial charge is 0.382 e. The van der Waals surface area contributed by atoms with E-state index in [1.165, 1.54) is 0 Å². The molecule has 1 unspecified atom stereocenters. The minimum absolute atomic E-state index is 0.0374. The number of carbonyl (C=O) groups excluding carboxylic acids is 2. The third kappa shape index (κ3) is 7.03. The van der Waals surface area contributed by atoms with Crippen LogP contribution < -0.4 is 5.32 Å². The Morgan fingerprint density at radius 3 is 2.38 bits per heavy atom. The lowest BCUT2D eigenvalue weighted by atomic mass is 9.93. The van der Waals surface area contributed by atoms with Gasteiger partial charge in [0.1, 0.15) is 5.76 Å². The van der Waals surface area contributed by atoms with Gasteiger partial charge in [-0.25, -0.2) is 4.79 Å². The minimum atomic E-state index is -0.177. The van der Waals surface area contributed by atoms with E-state index in [0.717, 1.165) is 25.0 Å². The van der Waals surface area contributed by atoms with Crippen LogP contribution in [0.3, 0.4) is 0 Å². The lowest BCUT2D eigenvalue weighted by Crippen LogP contribution is -2.44. The van der Waals surface area contributed by atoms with Crippen LogP contribution in [0.5, 0.6) is 0 Å². The van der Waals surface area contributed by atoms with Crippen molar-refractivity contribution in [3.8, 4) is 0 Å². The Balaban J connectivity index is 1.82. The summed E-state index contributed by atoms with van der Waals surface area (Å²) in [5, 5.41) is 6.77. The maximum Gasteiger partial charge on any atom is 0.323 e. The first-order valence-electron chi connectivity index (χ1n) is 10.6. The third-order valence-corrected chi connectivity index (χ3v) is 5.12. The number of rotatable bonds is 6. The topological polar surface area (TPSA) is 87.9 Å². The summed E-state index contributed by atoms with van der Waals surface area (Å²) in [6.45, 7) is 13.8. The molecule has 1 fully saturated rings. The van der Waals surface area contributed by atoms with E-state index in [-0.39, 0.29) is 23.3 Å². The predicted molar refractivity (Wildman–Crippen MR) is 112 cm³/mol. The van der Waals surface area contributed by atoms with E-state index in [2.05, 4.69) is 10.5 Å². The Bertz CT molecular complexity index is 658. The van der Waals surface area contributed by atoms with Crippen LogP contribution in [0, 0.1) is 5.92 Å². The fraction of sp³-hybridized carbons (Fsp3) is 0.762. The van der Waals surface area contributed by atoms with Gasteiger partial charge in [0, 0.05) is 56.8 Å². The maximum absolute atomic E-state index is 12.7. The number of nitrogens with one attached hydrogen (secondary N) is 1. The Kier molecular flexibility index (Phi) is 8.49. The van der Waals surface area contributed by atoms with Crippen LogP contribution >= 0.6 is 0 Å². The van der Waals surface area contributed by atoms with E-state index in [4.69, 9.17) is 9.26 Å². The summed E-state index contributed by atoms with van der Waals surface area (Å²) in [5.74, 6) is 1.31. The van der Waals surface area contributed by atoms with Gasteiger partial charge in [-0.05, 0) is 26.2 Å². The maximum atomic E-state index is 12.7. The second-order valence-electron chi connectivity index (χ2n) is 8.66. The standard InChI is InChI=1S/C21H36N4O4/c1-6-28-14-9-16(2)19(26)24-10-7-12-25(13-8-11-24)20(27)22-18-15-17(29-23-18)21(3,4)5/h15-16H,6-14H2,1-5H3,(H,22,23,27). The highest BCUT2D eigenvalue weighted by Crippen LogP contribution is 2.24. The number of anilines is 1. The Morgan fingerprint density at radius 1 is 1.21 bits per heavy atom. The van der Waals surface area contributed by atoms with Gasteiger partial charge < -0.3 is 19.1 Å². The van der Waals surface area contributed by atoms with Gasteiger partial charge in [-0.2, -0.15) is 0 Å². The molecule has 0 aliphatic carbocycles. The molecule has 1 saturated heterocycles. The number of nitrogens with zero attached hydrogens (tertiary/aromatic N) is 3. The molecule has 1 N–H and O–H groups in total. The van der Waals surface area contributed by atoms with Gasteiger partial charge in [0.15, 0.2) is 5.82 Å². The third-order valence-electron chi connectivity index (χ3n) is 5.12. The van der Waals surface area contributed by atoms with Crippen LogP contribution in [0.4, 0.5) is 10.6 Å². The molecule has 164 valence electrons. The van der Waals surface area contributed by atoms with Gasteiger partial charge in [-0.1, -0.05) is 32.9 Å². The molecule has 2 heterocycles. The first-order valence-corrected chi connectivity index (χ1v) is 10.6. The van der Waals surface area contributed by atoms with Crippen molar-refractivity contribution in [2.24, 2.45) is 5.92 Å². The molecule has 0 saturated carbocycles. The molecule has 0 bridgehead atoms. The Labute approximate surface area is 173 Å². The van der Waals surface area contributed by atoms with E-state index >= 15 is 0 Å². The summed E-state index contributed by atoms with van der Waals surface area (Å²) in [6.07, 6.45) is 2.25. The quantitative estimate of drug-likeness (QED) is 0.728. The van der Waals surface area contributed by atoms with Crippen LogP contribution in [0.25, 0.3) is 0 Å². The number of hydrogen-bond acceptors (Lipinski definition) is 5. The van der Waals surface area contributed by atoms with Crippen LogP contribution in [0.15, 0.2) is 10.6 Å². The molecular weight excluding hydrogens is 372 g/mol. The Morgan fingerprint density at radius 2 is 1.83 bits per heavy atom.